The average Bonchev–Trinajstić information content (AvgIpc) is 2.35. The molecule has 0 bridgehead atoms. The van der Waals surface area contributed by atoms with Crippen molar-refractivity contribution < 1.29 is 13.2 Å². The standard InChI is InChI=1S/C14H21F3N2/c1-3-4-9-19(2)12-6-5-11(7-8-18)13(10-12)14(15,16)17/h5-6,10H,3-4,7-9,18H2,1-2H3. The highest BCUT2D eigenvalue weighted by Crippen LogP contribution is 2.34. The third kappa shape index (κ3) is 4.42. The Morgan fingerprint density at radius 1 is 1.26 bits per heavy atom. The zero-order valence-electron chi connectivity index (χ0n) is 11.4. The van der Waals surface area contributed by atoms with Crippen molar-refractivity contribution in [3.8, 4) is 0 Å². The van der Waals surface area contributed by atoms with Gasteiger partial charge in [0, 0.05) is 19.3 Å². The van der Waals surface area contributed by atoms with Gasteiger partial charge in [-0.1, -0.05) is 19.4 Å². The molecule has 19 heavy (non-hydrogen) atoms. The highest BCUT2D eigenvalue weighted by atomic mass is 19.4. The smallest absolute Gasteiger partial charge is 0.375 e. The first kappa shape index (κ1) is 15.8. The monoisotopic (exact) mass is 274 g/mol. The normalized spacial score (nSPS) is 11.7. The Bertz CT molecular complexity index is 402. The van der Waals surface area contributed by atoms with Crippen LogP contribution in [0.5, 0.6) is 0 Å². The molecule has 1 aromatic carbocycles. The molecular weight excluding hydrogens is 253 g/mol. The Kier molecular flexibility index (Phi) is 5.66. The Morgan fingerprint density at radius 2 is 1.95 bits per heavy atom. The molecule has 0 fully saturated rings. The average molecular weight is 274 g/mol. The fourth-order valence-electron chi connectivity index (χ4n) is 1.96. The molecule has 2 N–H and O–H groups in total. The summed E-state index contributed by atoms with van der Waals surface area (Å²) >= 11 is 0. The molecule has 108 valence electrons. The minimum absolute atomic E-state index is 0.216. The number of anilines is 1. The minimum atomic E-state index is -4.33. The third-order valence-corrected chi connectivity index (χ3v) is 3.10. The van der Waals surface area contributed by atoms with Crippen molar-refractivity contribution in [1.82, 2.24) is 0 Å². The van der Waals surface area contributed by atoms with E-state index in [1.165, 1.54) is 12.1 Å². The number of hydrogen-bond acceptors (Lipinski definition) is 2. The summed E-state index contributed by atoms with van der Waals surface area (Å²) in [7, 11) is 1.81. The second kappa shape index (κ2) is 6.80. The van der Waals surface area contributed by atoms with Gasteiger partial charge < -0.3 is 10.6 Å². The lowest BCUT2D eigenvalue weighted by Crippen LogP contribution is -2.20. The molecule has 1 aromatic rings. The maximum absolute atomic E-state index is 13.0. The van der Waals surface area contributed by atoms with E-state index in [0.717, 1.165) is 19.4 Å². The van der Waals surface area contributed by atoms with Gasteiger partial charge in [-0.25, -0.2) is 0 Å². The zero-order valence-corrected chi connectivity index (χ0v) is 11.4. The van der Waals surface area contributed by atoms with Gasteiger partial charge in [-0.3, -0.25) is 0 Å². The van der Waals surface area contributed by atoms with Crippen molar-refractivity contribution in [2.24, 2.45) is 5.73 Å². The van der Waals surface area contributed by atoms with Gasteiger partial charge in [0.25, 0.3) is 0 Å². The van der Waals surface area contributed by atoms with Gasteiger partial charge in [-0.05, 0) is 37.1 Å². The van der Waals surface area contributed by atoms with Gasteiger partial charge >= 0.3 is 6.18 Å². The van der Waals surface area contributed by atoms with E-state index in [9.17, 15) is 13.2 Å². The number of rotatable bonds is 6. The summed E-state index contributed by atoms with van der Waals surface area (Å²) in [4.78, 5) is 1.85. The first-order valence-electron chi connectivity index (χ1n) is 6.51. The van der Waals surface area contributed by atoms with E-state index >= 15 is 0 Å². The lowest BCUT2D eigenvalue weighted by Gasteiger charge is -2.22. The summed E-state index contributed by atoms with van der Waals surface area (Å²) in [5, 5.41) is 0. The molecule has 0 aliphatic rings. The molecule has 0 saturated carbocycles. The van der Waals surface area contributed by atoms with Gasteiger partial charge in [0.1, 0.15) is 0 Å². The van der Waals surface area contributed by atoms with Gasteiger partial charge in [0.2, 0.25) is 0 Å². The largest absolute Gasteiger partial charge is 0.416 e. The Balaban J connectivity index is 3.04. The van der Waals surface area contributed by atoms with E-state index in [-0.39, 0.29) is 18.5 Å². The molecule has 0 heterocycles. The molecule has 0 unspecified atom stereocenters. The van der Waals surface area contributed by atoms with Crippen LogP contribution in [0, 0.1) is 0 Å². The van der Waals surface area contributed by atoms with Crippen LogP contribution >= 0.6 is 0 Å². The van der Waals surface area contributed by atoms with E-state index < -0.39 is 11.7 Å². The highest BCUT2D eigenvalue weighted by molar-refractivity contribution is 5.51. The van der Waals surface area contributed by atoms with Crippen LogP contribution < -0.4 is 10.6 Å². The van der Waals surface area contributed by atoms with Gasteiger partial charge in [0.05, 0.1) is 5.56 Å². The Hall–Kier alpha value is -1.23. The fraction of sp³-hybridized carbons (Fsp3) is 0.571. The molecule has 1 rings (SSSR count). The van der Waals surface area contributed by atoms with Crippen LogP contribution in [0.25, 0.3) is 0 Å². The molecule has 2 nitrogen and oxygen atoms in total. The summed E-state index contributed by atoms with van der Waals surface area (Å²) in [6, 6.07) is 4.49. The molecule has 0 radical (unpaired) electrons. The molecule has 0 amide bonds. The van der Waals surface area contributed by atoms with E-state index in [0.29, 0.717) is 5.69 Å². The van der Waals surface area contributed by atoms with Crippen LogP contribution in [0.4, 0.5) is 18.9 Å². The summed E-state index contributed by atoms with van der Waals surface area (Å²) < 4.78 is 39.0. The number of benzene rings is 1. The minimum Gasteiger partial charge on any atom is -0.375 e. The maximum atomic E-state index is 13.0. The topological polar surface area (TPSA) is 29.3 Å². The SMILES string of the molecule is CCCCN(C)c1ccc(CCN)c(C(F)(F)F)c1. The van der Waals surface area contributed by atoms with Crippen molar-refractivity contribution in [3.05, 3.63) is 29.3 Å². The Morgan fingerprint density at radius 3 is 2.47 bits per heavy atom. The summed E-state index contributed by atoms with van der Waals surface area (Å²) in [6.07, 6.45) is -2.11. The number of nitrogens with zero attached hydrogens (tertiary/aromatic N) is 1. The Labute approximate surface area is 112 Å². The van der Waals surface area contributed by atoms with Crippen molar-refractivity contribution in [2.75, 3.05) is 25.0 Å². The van der Waals surface area contributed by atoms with Crippen LogP contribution in [0.3, 0.4) is 0 Å². The second-order valence-electron chi connectivity index (χ2n) is 4.65. The van der Waals surface area contributed by atoms with Crippen molar-refractivity contribution >= 4 is 5.69 Å². The van der Waals surface area contributed by atoms with Crippen molar-refractivity contribution in [1.29, 1.82) is 0 Å². The predicted molar refractivity (Wildman–Crippen MR) is 72.4 cm³/mol. The van der Waals surface area contributed by atoms with E-state index in [1.807, 2.05) is 11.9 Å². The predicted octanol–water partition coefficient (Wildman–Crippen LogP) is 3.44. The van der Waals surface area contributed by atoms with Crippen LogP contribution in [-0.4, -0.2) is 20.1 Å². The molecule has 0 atom stereocenters. The molecule has 0 aliphatic carbocycles. The van der Waals surface area contributed by atoms with Crippen molar-refractivity contribution in [2.45, 2.75) is 32.4 Å². The quantitative estimate of drug-likeness (QED) is 0.861. The molecule has 0 aromatic heterocycles. The number of nitrogens with two attached hydrogens (primary N) is 1. The summed E-state index contributed by atoms with van der Waals surface area (Å²) in [5.41, 5.74) is 5.65. The molecule has 0 spiro atoms. The van der Waals surface area contributed by atoms with Crippen LogP contribution in [0.15, 0.2) is 18.2 Å². The fourth-order valence-corrected chi connectivity index (χ4v) is 1.96. The summed E-state index contributed by atoms with van der Waals surface area (Å²) in [5.74, 6) is 0. The van der Waals surface area contributed by atoms with Crippen LogP contribution in [0.1, 0.15) is 30.9 Å². The van der Waals surface area contributed by atoms with Gasteiger partial charge in [-0.15, -0.1) is 0 Å². The first-order valence-corrected chi connectivity index (χ1v) is 6.51. The van der Waals surface area contributed by atoms with E-state index in [1.54, 1.807) is 6.07 Å². The number of halogens is 3. The lowest BCUT2D eigenvalue weighted by atomic mass is 10.0. The lowest BCUT2D eigenvalue weighted by molar-refractivity contribution is -0.138. The third-order valence-electron chi connectivity index (χ3n) is 3.10. The van der Waals surface area contributed by atoms with E-state index in [4.69, 9.17) is 5.73 Å². The summed E-state index contributed by atoms with van der Waals surface area (Å²) in [6.45, 7) is 3.03. The van der Waals surface area contributed by atoms with Crippen molar-refractivity contribution in [3.63, 3.8) is 0 Å². The molecule has 5 heteroatoms. The number of unbranched alkanes of at least 4 members (excludes halogenated alkanes) is 1. The van der Waals surface area contributed by atoms with Gasteiger partial charge in [-0.2, -0.15) is 13.2 Å². The highest BCUT2D eigenvalue weighted by Gasteiger charge is 2.33. The molecular formula is C14H21F3N2. The molecule has 0 saturated heterocycles. The number of alkyl halides is 3. The maximum Gasteiger partial charge on any atom is 0.416 e. The van der Waals surface area contributed by atoms with E-state index in [2.05, 4.69) is 6.92 Å². The second-order valence-corrected chi connectivity index (χ2v) is 4.65. The number of hydrogen-bond donors (Lipinski definition) is 1. The van der Waals surface area contributed by atoms with Crippen LogP contribution in [0.2, 0.25) is 0 Å². The molecule has 0 aliphatic heterocycles. The zero-order chi connectivity index (χ0) is 14.5. The first-order chi connectivity index (χ1) is 8.90. The van der Waals surface area contributed by atoms with Gasteiger partial charge in [0.15, 0.2) is 0 Å². The van der Waals surface area contributed by atoms with Crippen LogP contribution in [-0.2, 0) is 12.6 Å².